The third-order valence-corrected chi connectivity index (χ3v) is 4.45. The minimum Gasteiger partial charge on any atom is -0.357 e. The molecule has 27 heavy (non-hydrogen) atoms. The molecular formula is C20H34ClN5O. The SMILES string of the molecule is CCNC(=NCCN(C(C)C)C(C)C)NCCNC(=O)c1ccccc1Cl. The zero-order chi connectivity index (χ0) is 20.2. The number of halogens is 1. The lowest BCUT2D eigenvalue weighted by Gasteiger charge is -2.29. The van der Waals surface area contributed by atoms with Crippen LogP contribution in [0.2, 0.25) is 5.02 Å². The molecule has 0 spiro atoms. The van der Waals surface area contributed by atoms with Crippen LogP contribution in [-0.2, 0) is 0 Å². The molecule has 0 saturated carbocycles. The number of hydrogen-bond donors (Lipinski definition) is 3. The van der Waals surface area contributed by atoms with Crippen LogP contribution in [0.5, 0.6) is 0 Å². The van der Waals surface area contributed by atoms with E-state index in [0.717, 1.165) is 25.6 Å². The molecule has 1 aromatic rings. The highest BCUT2D eigenvalue weighted by atomic mass is 35.5. The molecule has 1 rings (SSSR count). The summed E-state index contributed by atoms with van der Waals surface area (Å²) in [5.74, 6) is 0.589. The van der Waals surface area contributed by atoms with Crippen LogP contribution in [0, 0.1) is 0 Å². The van der Waals surface area contributed by atoms with Crippen LogP contribution < -0.4 is 16.0 Å². The molecule has 152 valence electrons. The normalized spacial score (nSPS) is 12.0. The van der Waals surface area contributed by atoms with Gasteiger partial charge in [0.2, 0.25) is 0 Å². The van der Waals surface area contributed by atoms with Gasteiger partial charge in [0, 0.05) is 38.3 Å². The fourth-order valence-corrected chi connectivity index (χ4v) is 3.05. The highest BCUT2D eigenvalue weighted by Gasteiger charge is 2.12. The summed E-state index contributed by atoms with van der Waals surface area (Å²) in [4.78, 5) is 19.2. The number of benzene rings is 1. The number of guanidine groups is 1. The molecular weight excluding hydrogens is 362 g/mol. The molecule has 7 heteroatoms. The van der Waals surface area contributed by atoms with E-state index in [4.69, 9.17) is 11.6 Å². The van der Waals surface area contributed by atoms with E-state index >= 15 is 0 Å². The van der Waals surface area contributed by atoms with E-state index in [0.29, 0.717) is 35.8 Å². The van der Waals surface area contributed by atoms with Gasteiger partial charge in [-0.2, -0.15) is 0 Å². The minimum atomic E-state index is -0.172. The highest BCUT2D eigenvalue weighted by Crippen LogP contribution is 2.14. The predicted molar refractivity (Wildman–Crippen MR) is 115 cm³/mol. The first-order valence-corrected chi connectivity index (χ1v) is 10.0. The Morgan fingerprint density at radius 3 is 2.30 bits per heavy atom. The number of rotatable bonds is 10. The lowest BCUT2D eigenvalue weighted by atomic mass is 10.2. The lowest BCUT2D eigenvalue weighted by molar-refractivity contribution is 0.0954. The number of nitrogens with one attached hydrogen (secondary N) is 3. The minimum absolute atomic E-state index is 0.172. The van der Waals surface area contributed by atoms with Gasteiger partial charge in [0.15, 0.2) is 5.96 Å². The Balaban J connectivity index is 2.43. The Bertz CT molecular complexity index is 596. The van der Waals surface area contributed by atoms with Crippen LogP contribution in [0.25, 0.3) is 0 Å². The van der Waals surface area contributed by atoms with Gasteiger partial charge in [0.25, 0.3) is 5.91 Å². The maximum absolute atomic E-state index is 12.1. The van der Waals surface area contributed by atoms with Gasteiger partial charge in [-0.1, -0.05) is 23.7 Å². The van der Waals surface area contributed by atoms with Crippen molar-refractivity contribution in [1.29, 1.82) is 0 Å². The van der Waals surface area contributed by atoms with Crippen LogP contribution >= 0.6 is 11.6 Å². The highest BCUT2D eigenvalue weighted by molar-refractivity contribution is 6.33. The number of aliphatic imine (C=N–C) groups is 1. The first kappa shape index (κ1) is 23.2. The molecule has 0 radical (unpaired) electrons. The predicted octanol–water partition coefficient (Wildman–Crippen LogP) is 2.74. The molecule has 0 atom stereocenters. The fourth-order valence-electron chi connectivity index (χ4n) is 2.83. The summed E-state index contributed by atoms with van der Waals surface area (Å²) in [6.07, 6.45) is 0. The summed E-state index contributed by atoms with van der Waals surface area (Å²) >= 11 is 6.04. The summed E-state index contributed by atoms with van der Waals surface area (Å²) < 4.78 is 0. The third kappa shape index (κ3) is 8.63. The zero-order valence-electron chi connectivity index (χ0n) is 17.2. The molecule has 1 aromatic carbocycles. The Morgan fingerprint density at radius 2 is 1.70 bits per heavy atom. The number of carbonyl (C=O) groups excluding carboxylic acids is 1. The third-order valence-electron chi connectivity index (χ3n) is 4.12. The molecule has 0 fully saturated rings. The van der Waals surface area contributed by atoms with Crippen molar-refractivity contribution in [3.8, 4) is 0 Å². The van der Waals surface area contributed by atoms with Crippen LogP contribution in [0.1, 0.15) is 45.0 Å². The summed E-state index contributed by atoms with van der Waals surface area (Å²) in [7, 11) is 0. The molecule has 0 aromatic heterocycles. The van der Waals surface area contributed by atoms with Crippen LogP contribution in [-0.4, -0.2) is 61.6 Å². The molecule has 0 unspecified atom stereocenters. The van der Waals surface area contributed by atoms with E-state index < -0.39 is 0 Å². The Labute approximate surface area is 168 Å². The van der Waals surface area contributed by atoms with Crippen molar-refractivity contribution >= 4 is 23.5 Å². The van der Waals surface area contributed by atoms with Crippen molar-refractivity contribution in [2.45, 2.75) is 46.7 Å². The lowest BCUT2D eigenvalue weighted by Crippen LogP contribution is -2.43. The summed E-state index contributed by atoms with van der Waals surface area (Å²) in [6, 6.07) is 8.02. The van der Waals surface area contributed by atoms with Crippen molar-refractivity contribution in [1.82, 2.24) is 20.9 Å². The molecule has 6 nitrogen and oxygen atoms in total. The second-order valence-electron chi connectivity index (χ2n) is 6.85. The van der Waals surface area contributed by atoms with E-state index in [1.807, 2.05) is 6.92 Å². The van der Waals surface area contributed by atoms with Gasteiger partial charge >= 0.3 is 0 Å². The average Bonchev–Trinajstić information content (AvgIpc) is 2.61. The van der Waals surface area contributed by atoms with Crippen molar-refractivity contribution < 1.29 is 4.79 Å². The first-order valence-electron chi connectivity index (χ1n) is 9.67. The number of hydrogen-bond acceptors (Lipinski definition) is 3. The topological polar surface area (TPSA) is 68.8 Å². The van der Waals surface area contributed by atoms with Crippen molar-refractivity contribution in [3.63, 3.8) is 0 Å². The monoisotopic (exact) mass is 395 g/mol. The molecule has 0 saturated heterocycles. The largest absolute Gasteiger partial charge is 0.357 e. The van der Waals surface area contributed by atoms with E-state index in [1.54, 1.807) is 24.3 Å². The van der Waals surface area contributed by atoms with Gasteiger partial charge in [0.05, 0.1) is 17.1 Å². The van der Waals surface area contributed by atoms with Crippen molar-refractivity contribution in [2.75, 3.05) is 32.7 Å². The van der Waals surface area contributed by atoms with E-state index in [1.165, 1.54) is 0 Å². The van der Waals surface area contributed by atoms with E-state index in [9.17, 15) is 4.79 Å². The van der Waals surface area contributed by atoms with Gasteiger partial charge in [-0.05, 0) is 46.8 Å². The number of carbonyl (C=O) groups is 1. The summed E-state index contributed by atoms with van der Waals surface area (Å²) in [6.45, 7) is 14.3. The van der Waals surface area contributed by atoms with Crippen molar-refractivity contribution in [2.24, 2.45) is 4.99 Å². The molecule has 0 bridgehead atoms. The molecule has 0 aliphatic heterocycles. The zero-order valence-corrected chi connectivity index (χ0v) is 17.9. The van der Waals surface area contributed by atoms with Crippen LogP contribution in [0.4, 0.5) is 0 Å². The smallest absolute Gasteiger partial charge is 0.252 e. The fraction of sp³-hybridized carbons (Fsp3) is 0.600. The quantitative estimate of drug-likeness (QED) is 0.323. The average molecular weight is 396 g/mol. The standard InChI is InChI=1S/C20H34ClN5O/c1-6-22-20(25-13-14-26(15(2)3)16(4)5)24-12-11-23-19(27)17-9-7-8-10-18(17)21/h7-10,15-16H,6,11-14H2,1-5H3,(H,23,27)(H2,22,24,25). The van der Waals surface area contributed by atoms with Gasteiger partial charge in [-0.25, -0.2) is 0 Å². The maximum Gasteiger partial charge on any atom is 0.252 e. The van der Waals surface area contributed by atoms with Gasteiger partial charge in [-0.3, -0.25) is 14.7 Å². The van der Waals surface area contributed by atoms with Gasteiger partial charge < -0.3 is 16.0 Å². The maximum atomic E-state index is 12.1. The Kier molecular flexibility index (Phi) is 10.8. The van der Waals surface area contributed by atoms with Crippen LogP contribution in [0.15, 0.2) is 29.3 Å². The molecule has 0 aliphatic carbocycles. The van der Waals surface area contributed by atoms with E-state index in [2.05, 4.69) is 53.5 Å². The number of nitrogens with zero attached hydrogens (tertiary/aromatic N) is 2. The van der Waals surface area contributed by atoms with E-state index in [-0.39, 0.29) is 5.91 Å². The van der Waals surface area contributed by atoms with Gasteiger partial charge in [0.1, 0.15) is 0 Å². The number of amides is 1. The summed E-state index contributed by atoms with van der Waals surface area (Å²) in [5.41, 5.74) is 0.488. The molecule has 1 amide bonds. The summed E-state index contributed by atoms with van der Waals surface area (Å²) in [5, 5.41) is 9.80. The van der Waals surface area contributed by atoms with Crippen molar-refractivity contribution in [3.05, 3.63) is 34.9 Å². The van der Waals surface area contributed by atoms with Gasteiger partial charge in [-0.15, -0.1) is 0 Å². The second kappa shape index (κ2) is 12.6. The molecule has 0 heterocycles. The molecule has 0 aliphatic rings. The van der Waals surface area contributed by atoms with Crippen LogP contribution in [0.3, 0.4) is 0 Å². The second-order valence-corrected chi connectivity index (χ2v) is 7.26. The first-order chi connectivity index (χ1) is 12.9. The molecule has 3 N–H and O–H groups in total. The Morgan fingerprint density at radius 1 is 1.07 bits per heavy atom. The Hall–Kier alpha value is -1.79.